The van der Waals surface area contributed by atoms with Crippen LogP contribution in [0.3, 0.4) is 0 Å². The Hall–Kier alpha value is -1.06. The van der Waals surface area contributed by atoms with E-state index in [1.54, 1.807) is 4.90 Å². The summed E-state index contributed by atoms with van der Waals surface area (Å²) < 4.78 is 0. The first-order valence-corrected chi connectivity index (χ1v) is 6.93. The lowest BCUT2D eigenvalue weighted by molar-refractivity contribution is -0.153. The van der Waals surface area contributed by atoms with Crippen LogP contribution in [-0.4, -0.2) is 34.8 Å². The Morgan fingerprint density at radius 2 is 1.78 bits per heavy atom. The Balaban J connectivity index is 3.05. The molecule has 18 heavy (non-hydrogen) atoms. The number of amides is 2. The van der Waals surface area contributed by atoms with Gasteiger partial charge in [0.15, 0.2) is 0 Å². The van der Waals surface area contributed by atoms with Gasteiger partial charge < -0.3 is 10.2 Å². The molecule has 1 N–H and O–H groups in total. The van der Waals surface area contributed by atoms with Crippen LogP contribution in [0.4, 0.5) is 0 Å². The Bertz CT molecular complexity index is 326. The van der Waals surface area contributed by atoms with E-state index in [1.807, 2.05) is 20.8 Å². The van der Waals surface area contributed by atoms with Crippen LogP contribution in [0.15, 0.2) is 0 Å². The lowest BCUT2D eigenvalue weighted by Crippen LogP contribution is -2.66. The summed E-state index contributed by atoms with van der Waals surface area (Å²) >= 11 is 0. The Labute approximate surface area is 110 Å². The predicted octanol–water partition coefficient (Wildman–Crippen LogP) is 1.79. The highest BCUT2D eigenvalue weighted by molar-refractivity contribution is 5.97. The molecule has 4 heteroatoms. The van der Waals surface area contributed by atoms with Crippen molar-refractivity contribution in [3.8, 4) is 0 Å². The summed E-state index contributed by atoms with van der Waals surface area (Å²) in [5, 5.41) is 2.83. The van der Waals surface area contributed by atoms with Crippen LogP contribution in [0.1, 0.15) is 48.0 Å². The average Bonchev–Trinajstić information content (AvgIpc) is 2.28. The van der Waals surface area contributed by atoms with Crippen LogP contribution >= 0.6 is 0 Å². The molecule has 1 saturated heterocycles. The van der Waals surface area contributed by atoms with Crippen LogP contribution in [0.2, 0.25) is 0 Å². The minimum atomic E-state index is -0.374. The highest BCUT2D eigenvalue weighted by Crippen LogP contribution is 2.23. The van der Waals surface area contributed by atoms with Crippen LogP contribution < -0.4 is 5.32 Å². The first kappa shape index (κ1) is 15.0. The molecule has 1 heterocycles. The van der Waals surface area contributed by atoms with E-state index in [2.05, 4.69) is 26.1 Å². The topological polar surface area (TPSA) is 49.4 Å². The summed E-state index contributed by atoms with van der Waals surface area (Å²) in [7, 11) is 0. The molecule has 0 aromatic rings. The van der Waals surface area contributed by atoms with Gasteiger partial charge in [-0.3, -0.25) is 9.59 Å². The second-order valence-corrected chi connectivity index (χ2v) is 5.87. The van der Waals surface area contributed by atoms with Gasteiger partial charge in [0.2, 0.25) is 11.8 Å². The second-order valence-electron chi connectivity index (χ2n) is 5.87. The third kappa shape index (κ3) is 2.68. The molecule has 0 spiro atoms. The van der Waals surface area contributed by atoms with Crippen molar-refractivity contribution in [3.05, 3.63) is 0 Å². The smallest absolute Gasteiger partial charge is 0.246 e. The van der Waals surface area contributed by atoms with E-state index < -0.39 is 0 Å². The molecule has 0 bridgehead atoms. The van der Waals surface area contributed by atoms with Gasteiger partial charge in [0, 0.05) is 6.04 Å². The molecular formula is C14H26N2O2. The summed E-state index contributed by atoms with van der Waals surface area (Å²) in [6.45, 7) is 12.0. The summed E-state index contributed by atoms with van der Waals surface area (Å²) in [4.78, 5) is 26.3. The zero-order chi connectivity index (χ0) is 14.0. The molecule has 4 nitrogen and oxygen atoms in total. The largest absolute Gasteiger partial charge is 0.342 e. The van der Waals surface area contributed by atoms with Crippen LogP contribution in [-0.2, 0) is 9.59 Å². The highest BCUT2D eigenvalue weighted by atomic mass is 16.2. The molecule has 0 aromatic carbocycles. The van der Waals surface area contributed by atoms with Crippen molar-refractivity contribution in [2.45, 2.75) is 66.1 Å². The van der Waals surface area contributed by atoms with Gasteiger partial charge in [-0.2, -0.15) is 0 Å². The van der Waals surface area contributed by atoms with Gasteiger partial charge in [0.05, 0.1) is 0 Å². The summed E-state index contributed by atoms with van der Waals surface area (Å²) in [6, 6.07) is -0.596. The molecule has 1 aliphatic rings. The summed E-state index contributed by atoms with van der Waals surface area (Å²) in [5.74, 6) is 0.520. The molecule has 0 saturated carbocycles. The molecule has 2 amide bonds. The Morgan fingerprint density at radius 1 is 1.22 bits per heavy atom. The third-order valence-electron chi connectivity index (χ3n) is 3.83. The number of hydrogen-bond donors (Lipinski definition) is 1. The molecule has 0 aromatic heterocycles. The van der Waals surface area contributed by atoms with Crippen LogP contribution in [0.25, 0.3) is 0 Å². The van der Waals surface area contributed by atoms with E-state index >= 15 is 0 Å². The van der Waals surface area contributed by atoms with Gasteiger partial charge in [-0.05, 0) is 25.2 Å². The van der Waals surface area contributed by atoms with Gasteiger partial charge in [0.25, 0.3) is 0 Å². The number of piperazine rings is 1. The number of nitrogens with one attached hydrogen (secondary N) is 1. The van der Waals surface area contributed by atoms with Crippen molar-refractivity contribution in [1.82, 2.24) is 10.2 Å². The van der Waals surface area contributed by atoms with E-state index in [0.29, 0.717) is 5.92 Å². The molecule has 0 radical (unpaired) electrons. The lowest BCUT2D eigenvalue weighted by atomic mass is 9.92. The zero-order valence-corrected chi connectivity index (χ0v) is 12.4. The van der Waals surface area contributed by atoms with Gasteiger partial charge in [-0.15, -0.1) is 0 Å². The molecule has 1 aliphatic heterocycles. The molecule has 3 atom stereocenters. The quantitative estimate of drug-likeness (QED) is 0.831. The zero-order valence-electron chi connectivity index (χ0n) is 12.4. The maximum absolute atomic E-state index is 12.5. The third-order valence-corrected chi connectivity index (χ3v) is 3.83. The second kappa shape index (κ2) is 5.72. The number of hydrogen-bond acceptors (Lipinski definition) is 2. The molecule has 1 fully saturated rings. The van der Waals surface area contributed by atoms with Gasteiger partial charge in [0.1, 0.15) is 12.1 Å². The fourth-order valence-electron chi connectivity index (χ4n) is 2.71. The highest BCUT2D eigenvalue weighted by Gasteiger charge is 2.42. The average molecular weight is 254 g/mol. The number of carbonyl (C=O) groups excluding carboxylic acids is 2. The SMILES string of the molecule is CCC(C(C)C)N1C(=O)C(C(C)C)NC(=O)C1C. The lowest BCUT2D eigenvalue weighted by Gasteiger charge is -2.44. The van der Waals surface area contributed by atoms with E-state index in [4.69, 9.17) is 0 Å². The molecular weight excluding hydrogens is 228 g/mol. The minimum absolute atomic E-state index is 0.0348. The molecule has 1 rings (SSSR count). The minimum Gasteiger partial charge on any atom is -0.342 e. The van der Waals surface area contributed by atoms with Crippen molar-refractivity contribution >= 4 is 11.8 Å². The number of rotatable bonds is 4. The van der Waals surface area contributed by atoms with Gasteiger partial charge >= 0.3 is 0 Å². The van der Waals surface area contributed by atoms with Gasteiger partial charge in [-0.1, -0.05) is 34.6 Å². The first-order chi connectivity index (χ1) is 8.31. The monoisotopic (exact) mass is 254 g/mol. The van der Waals surface area contributed by atoms with Crippen molar-refractivity contribution < 1.29 is 9.59 Å². The maximum atomic E-state index is 12.5. The standard InChI is InChI=1S/C14H26N2O2/c1-7-11(8(2)3)16-10(6)13(17)15-12(9(4)5)14(16)18/h8-12H,7H2,1-6H3,(H,15,17). The normalized spacial score (nSPS) is 26.8. The number of carbonyl (C=O) groups is 2. The molecule has 104 valence electrons. The van der Waals surface area contributed by atoms with E-state index in [-0.39, 0.29) is 35.9 Å². The van der Waals surface area contributed by atoms with Gasteiger partial charge in [-0.25, -0.2) is 0 Å². The van der Waals surface area contributed by atoms with E-state index in [0.717, 1.165) is 6.42 Å². The Kier molecular flexibility index (Phi) is 4.77. The fourth-order valence-corrected chi connectivity index (χ4v) is 2.71. The Morgan fingerprint density at radius 3 is 2.17 bits per heavy atom. The maximum Gasteiger partial charge on any atom is 0.246 e. The fraction of sp³-hybridized carbons (Fsp3) is 0.857. The first-order valence-electron chi connectivity index (χ1n) is 6.93. The summed E-state index contributed by atoms with van der Waals surface area (Å²) in [5.41, 5.74) is 0. The number of nitrogens with zero attached hydrogens (tertiary/aromatic N) is 1. The van der Waals surface area contributed by atoms with E-state index in [1.165, 1.54) is 0 Å². The predicted molar refractivity (Wildman–Crippen MR) is 72.0 cm³/mol. The van der Waals surface area contributed by atoms with Crippen molar-refractivity contribution in [2.24, 2.45) is 11.8 Å². The van der Waals surface area contributed by atoms with Crippen molar-refractivity contribution in [2.75, 3.05) is 0 Å². The van der Waals surface area contributed by atoms with Crippen LogP contribution in [0, 0.1) is 11.8 Å². The van der Waals surface area contributed by atoms with Crippen molar-refractivity contribution in [1.29, 1.82) is 0 Å². The molecule has 0 aliphatic carbocycles. The van der Waals surface area contributed by atoms with Crippen molar-refractivity contribution in [3.63, 3.8) is 0 Å². The van der Waals surface area contributed by atoms with E-state index in [9.17, 15) is 9.59 Å². The molecule has 3 unspecified atom stereocenters. The van der Waals surface area contributed by atoms with Crippen LogP contribution in [0.5, 0.6) is 0 Å². The summed E-state index contributed by atoms with van der Waals surface area (Å²) in [6.07, 6.45) is 0.881.